The van der Waals surface area contributed by atoms with Gasteiger partial charge in [0.2, 0.25) is 0 Å². The van der Waals surface area contributed by atoms with Gasteiger partial charge in [0.1, 0.15) is 0 Å². The number of anilines is 2. The quantitative estimate of drug-likeness (QED) is 0.295. The first-order chi connectivity index (χ1) is 15.3. The zero-order valence-electron chi connectivity index (χ0n) is 16.6. The fourth-order valence-corrected chi connectivity index (χ4v) is 4.76. The Labute approximate surface area is 181 Å². The van der Waals surface area contributed by atoms with E-state index in [1.54, 1.807) is 0 Å². The minimum atomic E-state index is -0.496. The van der Waals surface area contributed by atoms with E-state index in [2.05, 4.69) is 83.4 Å². The van der Waals surface area contributed by atoms with Gasteiger partial charge in [-0.2, -0.15) is 10.5 Å². The molecule has 2 N–H and O–H groups in total. The van der Waals surface area contributed by atoms with Crippen LogP contribution in [0.1, 0.15) is 22.3 Å². The van der Waals surface area contributed by atoms with Crippen LogP contribution < -0.4 is 10.6 Å². The highest BCUT2D eigenvalue weighted by Gasteiger charge is 2.45. The lowest BCUT2D eigenvalue weighted by molar-refractivity contribution is 0.769. The van der Waals surface area contributed by atoms with Gasteiger partial charge in [-0.05, 0) is 57.6 Å². The lowest BCUT2D eigenvalue weighted by atomic mass is 9.67. The molecular formula is C27H18N4. The normalized spacial score (nSPS) is 12.7. The summed E-state index contributed by atoms with van der Waals surface area (Å²) in [4.78, 5) is 0. The van der Waals surface area contributed by atoms with Crippen molar-refractivity contribution in [2.45, 2.75) is 5.41 Å². The Balaban J connectivity index is 1.83. The van der Waals surface area contributed by atoms with Crippen molar-refractivity contribution in [3.05, 3.63) is 119 Å². The van der Waals surface area contributed by atoms with E-state index in [0.717, 1.165) is 22.5 Å². The lowest BCUT2D eigenvalue weighted by Gasteiger charge is -2.34. The number of rotatable bonds is 4. The van der Waals surface area contributed by atoms with E-state index in [4.69, 9.17) is 10.5 Å². The Bertz CT molecular complexity index is 1230. The van der Waals surface area contributed by atoms with Crippen LogP contribution in [0.15, 0.2) is 97.1 Å². The molecule has 0 radical (unpaired) electrons. The molecule has 0 aliphatic heterocycles. The molecule has 0 saturated heterocycles. The molecule has 4 nitrogen and oxygen atoms in total. The van der Waals surface area contributed by atoms with Gasteiger partial charge in [-0.3, -0.25) is 10.6 Å². The number of hydrogen-bond acceptors (Lipinski definition) is 4. The van der Waals surface area contributed by atoms with E-state index >= 15 is 0 Å². The smallest absolute Gasteiger partial charge is 0.181 e. The second-order valence-electron chi connectivity index (χ2n) is 7.47. The third-order valence-corrected chi connectivity index (χ3v) is 5.99. The van der Waals surface area contributed by atoms with Crippen LogP contribution in [-0.2, 0) is 5.41 Å². The highest BCUT2D eigenvalue weighted by molar-refractivity contribution is 5.86. The van der Waals surface area contributed by atoms with E-state index in [-0.39, 0.29) is 0 Å². The van der Waals surface area contributed by atoms with Crippen molar-refractivity contribution in [1.29, 1.82) is 10.5 Å². The Morgan fingerprint density at radius 3 is 1.29 bits per heavy atom. The van der Waals surface area contributed by atoms with Gasteiger partial charge in [0.15, 0.2) is 12.4 Å². The molecule has 31 heavy (non-hydrogen) atoms. The first kappa shape index (κ1) is 18.5. The molecule has 0 saturated carbocycles. The minimum Gasteiger partial charge on any atom is -0.293 e. The van der Waals surface area contributed by atoms with Crippen LogP contribution >= 0.6 is 0 Å². The third kappa shape index (κ3) is 2.74. The largest absolute Gasteiger partial charge is 0.293 e. The summed E-state index contributed by atoms with van der Waals surface area (Å²) in [6, 6.07) is 33.1. The monoisotopic (exact) mass is 398 g/mol. The molecule has 1 aliphatic carbocycles. The number of nitriles is 2. The van der Waals surface area contributed by atoms with E-state index in [1.807, 2.05) is 36.7 Å². The Morgan fingerprint density at radius 2 is 0.903 bits per heavy atom. The summed E-state index contributed by atoms with van der Waals surface area (Å²) in [5.41, 5.74) is 8.14. The van der Waals surface area contributed by atoms with E-state index in [1.165, 1.54) is 22.3 Å². The summed E-state index contributed by atoms with van der Waals surface area (Å²) >= 11 is 0. The van der Waals surface area contributed by atoms with Crippen LogP contribution in [0.2, 0.25) is 0 Å². The van der Waals surface area contributed by atoms with Crippen molar-refractivity contribution < 1.29 is 0 Å². The van der Waals surface area contributed by atoms with Crippen molar-refractivity contribution in [2.75, 3.05) is 10.6 Å². The van der Waals surface area contributed by atoms with Crippen molar-refractivity contribution in [2.24, 2.45) is 0 Å². The van der Waals surface area contributed by atoms with Crippen LogP contribution in [-0.4, -0.2) is 0 Å². The van der Waals surface area contributed by atoms with Gasteiger partial charge in [0.25, 0.3) is 0 Å². The number of benzene rings is 4. The fourth-order valence-electron chi connectivity index (χ4n) is 4.76. The van der Waals surface area contributed by atoms with Crippen LogP contribution in [0.4, 0.5) is 11.4 Å². The van der Waals surface area contributed by atoms with Crippen LogP contribution in [0.3, 0.4) is 0 Å². The Kier molecular flexibility index (Phi) is 4.40. The molecular weight excluding hydrogens is 380 g/mol. The SMILES string of the molecule is N#CNc1ccc(C2(c3ccc(NC#N)cc3)c3ccccc3-c3ccccc32)cc1. The maximum absolute atomic E-state index is 8.97. The van der Waals surface area contributed by atoms with Crippen LogP contribution in [0, 0.1) is 22.9 Å². The minimum absolute atomic E-state index is 0.496. The van der Waals surface area contributed by atoms with Crippen LogP contribution in [0.25, 0.3) is 11.1 Å². The first-order valence-electron chi connectivity index (χ1n) is 9.99. The molecule has 0 bridgehead atoms. The maximum Gasteiger partial charge on any atom is 0.181 e. The van der Waals surface area contributed by atoms with E-state index in [9.17, 15) is 0 Å². The lowest BCUT2D eigenvalue weighted by Crippen LogP contribution is -2.28. The van der Waals surface area contributed by atoms with Crippen molar-refractivity contribution in [1.82, 2.24) is 0 Å². The number of hydrogen-bond donors (Lipinski definition) is 2. The van der Waals surface area contributed by atoms with Gasteiger partial charge in [0, 0.05) is 11.4 Å². The summed E-state index contributed by atoms with van der Waals surface area (Å²) in [5, 5.41) is 23.3. The molecule has 0 atom stereocenters. The summed E-state index contributed by atoms with van der Waals surface area (Å²) in [5.74, 6) is 0. The summed E-state index contributed by atoms with van der Waals surface area (Å²) in [7, 11) is 0. The molecule has 4 aromatic rings. The standard InChI is InChI=1S/C27H18N4/c28-17-30-21-13-9-19(10-14-21)27(20-11-15-22(16-12-20)31-18-29)25-7-3-1-5-23(25)24-6-2-4-8-26(24)27/h1-16,30-31H. The predicted octanol–water partition coefficient (Wildman–Crippen LogP) is 5.84. The molecule has 4 heteroatoms. The van der Waals surface area contributed by atoms with Gasteiger partial charge in [-0.15, -0.1) is 0 Å². The maximum atomic E-state index is 8.97. The average Bonchev–Trinajstić information content (AvgIpc) is 3.12. The molecule has 5 rings (SSSR count). The first-order valence-corrected chi connectivity index (χ1v) is 9.99. The molecule has 4 aromatic carbocycles. The Morgan fingerprint density at radius 1 is 0.516 bits per heavy atom. The molecule has 1 aliphatic rings. The summed E-state index contributed by atoms with van der Waals surface area (Å²) in [6.45, 7) is 0. The third-order valence-electron chi connectivity index (χ3n) is 5.99. The van der Waals surface area contributed by atoms with Crippen molar-refractivity contribution in [3.63, 3.8) is 0 Å². The van der Waals surface area contributed by atoms with E-state index in [0.29, 0.717) is 0 Å². The second-order valence-corrected chi connectivity index (χ2v) is 7.47. The zero-order valence-corrected chi connectivity index (χ0v) is 16.6. The second kappa shape index (κ2) is 7.37. The predicted molar refractivity (Wildman–Crippen MR) is 122 cm³/mol. The molecule has 0 heterocycles. The summed E-state index contributed by atoms with van der Waals surface area (Å²) in [6.07, 6.45) is 3.96. The number of nitrogens with one attached hydrogen (secondary N) is 2. The number of fused-ring (bicyclic) bond motifs is 3. The summed E-state index contributed by atoms with van der Waals surface area (Å²) < 4.78 is 0. The molecule has 146 valence electrons. The molecule has 0 fully saturated rings. The topological polar surface area (TPSA) is 71.6 Å². The fraction of sp³-hybridized carbons (Fsp3) is 0.0370. The van der Waals surface area contributed by atoms with Crippen LogP contribution in [0.5, 0.6) is 0 Å². The van der Waals surface area contributed by atoms with Gasteiger partial charge in [-0.25, -0.2) is 0 Å². The van der Waals surface area contributed by atoms with Gasteiger partial charge in [0.05, 0.1) is 5.41 Å². The highest BCUT2D eigenvalue weighted by Crippen LogP contribution is 2.56. The number of nitrogens with zero attached hydrogens (tertiary/aromatic N) is 2. The van der Waals surface area contributed by atoms with Gasteiger partial charge < -0.3 is 0 Å². The van der Waals surface area contributed by atoms with Crippen molar-refractivity contribution in [3.8, 4) is 23.5 Å². The van der Waals surface area contributed by atoms with E-state index < -0.39 is 5.41 Å². The van der Waals surface area contributed by atoms with Crippen molar-refractivity contribution >= 4 is 11.4 Å². The molecule has 0 spiro atoms. The zero-order chi connectivity index (χ0) is 21.3. The molecule has 0 amide bonds. The van der Waals surface area contributed by atoms with Gasteiger partial charge in [-0.1, -0.05) is 72.8 Å². The Hall–Kier alpha value is -4.54. The molecule has 0 unspecified atom stereocenters. The average molecular weight is 398 g/mol. The molecule has 0 aromatic heterocycles. The highest BCUT2D eigenvalue weighted by atomic mass is 14.9. The van der Waals surface area contributed by atoms with Gasteiger partial charge >= 0.3 is 0 Å².